The number of rotatable bonds is 3. The standard InChI is InChI=1S/C13H16BrF2NO/c14-10-1-2-11(15)9(13(10)16)7-12(17)8-3-5-18-6-4-8/h1-2,8,12H,3-7,17H2. The normalized spacial score (nSPS) is 18.9. The predicted octanol–water partition coefficient (Wildman–Crippen LogP) is 3.02. The zero-order valence-corrected chi connectivity index (χ0v) is 11.6. The first-order valence-corrected chi connectivity index (χ1v) is 6.84. The summed E-state index contributed by atoms with van der Waals surface area (Å²) in [6, 6.07) is 2.40. The molecule has 0 aromatic heterocycles. The van der Waals surface area contributed by atoms with E-state index in [9.17, 15) is 8.78 Å². The van der Waals surface area contributed by atoms with Crippen molar-refractivity contribution in [2.24, 2.45) is 11.7 Å². The van der Waals surface area contributed by atoms with Crippen LogP contribution in [-0.4, -0.2) is 19.3 Å². The van der Waals surface area contributed by atoms with Crippen LogP contribution in [0.1, 0.15) is 18.4 Å². The first kappa shape index (κ1) is 13.9. The summed E-state index contributed by atoms with van der Waals surface area (Å²) >= 11 is 3.06. The minimum absolute atomic E-state index is 0.0726. The van der Waals surface area contributed by atoms with Crippen LogP contribution in [-0.2, 0) is 11.2 Å². The maximum absolute atomic E-state index is 13.8. The van der Waals surface area contributed by atoms with E-state index in [0.29, 0.717) is 13.2 Å². The second-order valence-electron chi connectivity index (χ2n) is 4.64. The maximum atomic E-state index is 13.8. The molecule has 0 spiro atoms. The van der Waals surface area contributed by atoms with E-state index in [1.54, 1.807) is 0 Å². The first-order chi connectivity index (χ1) is 8.59. The molecule has 0 radical (unpaired) electrons. The van der Waals surface area contributed by atoms with Crippen LogP contribution < -0.4 is 5.73 Å². The Morgan fingerprint density at radius 2 is 2.00 bits per heavy atom. The van der Waals surface area contributed by atoms with Crippen molar-refractivity contribution in [3.8, 4) is 0 Å². The minimum Gasteiger partial charge on any atom is -0.381 e. The van der Waals surface area contributed by atoms with Crippen LogP contribution in [0.25, 0.3) is 0 Å². The van der Waals surface area contributed by atoms with Crippen LogP contribution >= 0.6 is 15.9 Å². The number of ether oxygens (including phenoxy) is 1. The van der Waals surface area contributed by atoms with Gasteiger partial charge in [-0.2, -0.15) is 0 Å². The molecule has 1 heterocycles. The molecule has 0 amide bonds. The number of hydrogen-bond donors (Lipinski definition) is 1. The van der Waals surface area contributed by atoms with Crippen LogP contribution in [0.3, 0.4) is 0 Å². The van der Waals surface area contributed by atoms with Gasteiger partial charge in [0.2, 0.25) is 0 Å². The van der Waals surface area contributed by atoms with Gasteiger partial charge in [0.05, 0.1) is 4.47 Å². The molecule has 1 aromatic rings. The van der Waals surface area contributed by atoms with E-state index in [1.165, 1.54) is 12.1 Å². The van der Waals surface area contributed by atoms with Crippen molar-refractivity contribution in [1.82, 2.24) is 0 Å². The van der Waals surface area contributed by atoms with Crippen LogP contribution in [0, 0.1) is 17.6 Å². The molecule has 1 fully saturated rings. The molecule has 0 aliphatic carbocycles. The summed E-state index contributed by atoms with van der Waals surface area (Å²) in [6.07, 6.45) is 1.94. The van der Waals surface area contributed by atoms with E-state index in [1.807, 2.05) is 0 Å². The molecular formula is C13H16BrF2NO. The molecule has 0 saturated carbocycles. The summed E-state index contributed by atoms with van der Waals surface area (Å²) in [5.41, 5.74) is 6.14. The van der Waals surface area contributed by atoms with E-state index in [2.05, 4.69) is 15.9 Å². The molecule has 1 saturated heterocycles. The Morgan fingerprint density at radius 1 is 1.33 bits per heavy atom. The molecular weight excluding hydrogens is 304 g/mol. The first-order valence-electron chi connectivity index (χ1n) is 6.05. The molecule has 2 N–H and O–H groups in total. The average molecular weight is 320 g/mol. The van der Waals surface area contributed by atoms with Gasteiger partial charge in [-0.15, -0.1) is 0 Å². The molecule has 1 aliphatic rings. The Labute approximate surface area is 114 Å². The second-order valence-corrected chi connectivity index (χ2v) is 5.49. The quantitative estimate of drug-likeness (QED) is 0.869. The van der Waals surface area contributed by atoms with Crippen molar-refractivity contribution in [3.63, 3.8) is 0 Å². The fourth-order valence-electron chi connectivity index (χ4n) is 2.30. The smallest absolute Gasteiger partial charge is 0.143 e. The third kappa shape index (κ3) is 3.08. The monoisotopic (exact) mass is 319 g/mol. The zero-order chi connectivity index (χ0) is 13.1. The summed E-state index contributed by atoms with van der Waals surface area (Å²) in [5.74, 6) is -0.799. The van der Waals surface area contributed by atoms with Gasteiger partial charge in [0.1, 0.15) is 11.6 Å². The van der Waals surface area contributed by atoms with Crippen LogP contribution in [0.15, 0.2) is 16.6 Å². The Kier molecular flexibility index (Phi) is 4.70. The number of benzene rings is 1. The van der Waals surface area contributed by atoms with Gasteiger partial charge in [-0.05, 0) is 53.2 Å². The van der Waals surface area contributed by atoms with Gasteiger partial charge >= 0.3 is 0 Å². The third-order valence-electron chi connectivity index (χ3n) is 3.45. The van der Waals surface area contributed by atoms with Gasteiger partial charge in [0.25, 0.3) is 0 Å². The molecule has 0 bridgehead atoms. The lowest BCUT2D eigenvalue weighted by Gasteiger charge is -2.27. The second kappa shape index (κ2) is 6.08. The lowest BCUT2D eigenvalue weighted by atomic mass is 9.88. The van der Waals surface area contributed by atoms with Crippen molar-refractivity contribution in [2.45, 2.75) is 25.3 Å². The topological polar surface area (TPSA) is 35.2 Å². The summed E-state index contributed by atoms with van der Waals surface area (Å²) in [4.78, 5) is 0. The summed E-state index contributed by atoms with van der Waals surface area (Å²) < 4.78 is 33.0. The highest BCUT2D eigenvalue weighted by Gasteiger charge is 2.24. The maximum Gasteiger partial charge on any atom is 0.143 e. The molecule has 2 rings (SSSR count). The molecule has 1 aromatic carbocycles. The Bertz CT molecular complexity index is 422. The third-order valence-corrected chi connectivity index (χ3v) is 4.06. The zero-order valence-electron chi connectivity index (χ0n) is 9.96. The van der Waals surface area contributed by atoms with Crippen molar-refractivity contribution in [1.29, 1.82) is 0 Å². The predicted molar refractivity (Wildman–Crippen MR) is 69.3 cm³/mol. The van der Waals surface area contributed by atoms with Crippen molar-refractivity contribution >= 4 is 15.9 Å². The van der Waals surface area contributed by atoms with Crippen LogP contribution in [0.4, 0.5) is 8.78 Å². The van der Waals surface area contributed by atoms with Gasteiger partial charge in [0.15, 0.2) is 0 Å². The van der Waals surface area contributed by atoms with E-state index in [-0.39, 0.29) is 28.4 Å². The van der Waals surface area contributed by atoms with Crippen molar-refractivity contribution < 1.29 is 13.5 Å². The van der Waals surface area contributed by atoms with Crippen molar-refractivity contribution in [2.75, 3.05) is 13.2 Å². The molecule has 100 valence electrons. The molecule has 5 heteroatoms. The highest BCUT2D eigenvalue weighted by molar-refractivity contribution is 9.10. The Balaban J connectivity index is 2.10. The molecule has 2 nitrogen and oxygen atoms in total. The summed E-state index contributed by atoms with van der Waals surface area (Å²) in [5, 5.41) is 0. The van der Waals surface area contributed by atoms with E-state index in [4.69, 9.17) is 10.5 Å². The summed E-state index contributed by atoms with van der Waals surface area (Å²) in [6.45, 7) is 1.36. The van der Waals surface area contributed by atoms with Crippen LogP contribution in [0.5, 0.6) is 0 Å². The fourth-order valence-corrected chi connectivity index (χ4v) is 2.67. The van der Waals surface area contributed by atoms with E-state index in [0.717, 1.165) is 12.8 Å². The Morgan fingerprint density at radius 3 is 2.67 bits per heavy atom. The lowest BCUT2D eigenvalue weighted by Crippen LogP contribution is -2.36. The number of nitrogens with two attached hydrogens (primary N) is 1. The molecule has 1 unspecified atom stereocenters. The van der Waals surface area contributed by atoms with Gasteiger partial charge < -0.3 is 10.5 Å². The fraction of sp³-hybridized carbons (Fsp3) is 0.538. The summed E-state index contributed by atoms with van der Waals surface area (Å²) in [7, 11) is 0. The van der Waals surface area contributed by atoms with E-state index < -0.39 is 11.6 Å². The molecule has 18 heavy (non-hydrogen) atoms. The van der Waals surface area contributed by atoms with Gasteiger partial charge in [-0.3, -0.25) is 0 Å². The SMILES string of the molecule is NC(Cc1c(F)ccc(Br)c1F)C1CCOCC1. The van der Waals surface area contributed by atoms with Gasteiger partial charge in [0, 0.05) is 24.8 Å². The largest absolute Gasteiger partial charge is 0.381 e. The lowest BCUT2D eigenvalue weighted by molar-refractivity contribution is 0.0583. The number of hydrogen-bond acceptors (Lipinski definition) is 2. The molecule has 1 aliphatic heterocycles. The van der Waals surface area contributed by atoms with Crippen molar-refractivity contribution in [3.05, 3.63) is 33.8 Å². The Hall–Kier alpha value is -0.520. The van der Waals surface area contributed by atoms with Gasteiger partial charge in [-0.25, -0.2) is 8.78 Å². The highest BCUT2D eigenvalue weighted by Crippen LogP contribution is 2.26. The van der Waals surface area contributed by atoms with Crippen LogP contribution in [0.2, 0.25) is 0 Å². The number of halogens is 3. The highest BCUT2D eigenvalue weighted by atomic mass is 79.9. The minimum atomic E-state index is -0.544. The average Bonchev–Trinajstić information content (AvgIpc) is 2.40. The van der Waals surface area contributed by atoms with Gasteiger partial charge in [-0.1, -0.05) is 0 Å². The van der Waals surface area contributed by atoms with E-state index >= 15 is 0 Å². The molecule has 1 atom stereocenters.